The summed E-state index contributed by atoms with van der Waals surface area (Å²) in [5.41, 5.74) is 16.8. The van der Waals surface area contributed by atoms with Crippen LogP contribution < -0.4 is 9.80 Å². The summed E-state index contributed by atoms with van der Waals surface area (Å²) in [4.78, 5) is 4.80. The quantitative estimate of drug-likeness (QED) is 0.134. The van der Waals surface area contributed by atoms with Gasteiger partial charge in [-0.25, -0.2) is 0 Å². The van der Waals surface area contributed by atoms with Gasteiger partial charge in [0.15, 0.2) is 0 Å². The SMILES string of the molecule is CC(C)(C)c1ccc(-c2c3ccccc3c(-c3ccc(-n4c5ccc(N(C6=CC=CCC6)c6ccccc6)cc5c5cc(N(c6ccccc6)c6ccccc6)ccc54)cc3)c3ccccc23)cc1. The molecule has 1 aromatic heterocycles. The van der Waals surface area contributed by atoms with Gasteiger partial charge >= 0.3 is 0 Å². The van der Waals surface area contributed by atoms with E-state index in [0.29, 0.717) is 0 Å². The molecule has 0 saturated heterocycles. The van der Waals surface area contributed by atoms with Crippen LogP contribution in [0.2, 0.25) is 0 Å². The van der Waals surface area contributed by atoms with Crippen molar-refractivity contribution >= 4 is 71.8 Å². The number of fused-ring (bicyclic) bond motifs is 5. The number of para-hydroxylation sites is 3. The molecule has 69 heavy (non-hydrogen) atoms. The second-order valence-electron chi connectivity index (χ2n) is 19.3. The van der Waals surface area contributed by atoms with Crippen LogP contribution in [-0.2, 0) is 5.41 Å². The molecule has 1 aliphatic carbocycles. The molecular formula is C66H53N3. The molecule has 0 radical (unpaired) electrons. The molecule has 0 saturated carbocycles. The van der Waals surface area contributed by atoms with Crippen molar-refractivity contribution in [3.05, 3.63) is 254 Å². The van der Waals surface area contributed by atoms with Gasteiger partial charge in [-0.05, 0) is 159 Å². The Bertz CT molecular complexity index is 3630. The Balaban J connectivity index is 1.04. The van der Waals surface area contributed by atoms with Crippen LogP contribution in [0.5, 0.6) is 0 Å². The summed E-state index contributed by atoms with van der Waals surface area (Å²) < 4.78 is 2.45. The minimum atomic E-state index is 0.0872. The highest BCUT2D eigenvalue weighted by molar-refractivity contribution is 6.21. The van der Waals surface area contributed by atoms with Crippen molar-refractivity contribution in [1.29, 1.82) is 0 Å². The summed E-state index contributed by atoms with van der Waals surface area (Å²) in [6.45, 7) is 6.84. The Labute approximate surface area is 405 Å². The van der Waals surface area contributed by atoms with E-state index in [-0.39, 0.29) is 5.41 Å². The fraction of sp³-hybridized carbons (Fsp3) is 0.0909. The zero-order valence-electron chi connectivity index (χ0n) is 39.3. The second-order valence-corrected chi connectivity index (χ2v) is 19.3. The zero-order chi connectivity index (χ0) is 46.5. The van der Waals surface area contributed by atoms with Crippen LogP contribution in [0.3, 0.4) is 0 Å². The van der Waals surface area contributed by atoms with Crippen molar-refractivity contribution in [2.75, 3.05) is 9.80 Å². The van der Waals surface area contributed by atoms with Gasteiger partial charge in [0.1, 0.15) is 0 Å². The third-order valence-electron chi connectivity index (χ3n) is 14.0. The Morgan fingerprint density at radius 3 is 1.25 bits per heavy atom. The average molecular weight is 888 g/mol. The van der Waals surface area contributed by atoms with Gasteiger partial charge in [-0.3, -0.25) is 0 Å². The van der Waals surface area contributed by atoms with E-state index in [1.165, 1.54) is 65.8 Å². The third-order valence-corrected chi connectivity index (χ3v) is 14.0. The van der Waals surface area contributed by atoms with Crippen molar-refractivity contribution in [2.45, 2.75) is 39.0 Å². The molecule has 332 valence electrons. The molecule has 1 aliphatic rings. The van der Waals surface area contributed by atoms with Crippen LogP contribution >= 0.6 is 0 Å². The van der Waals surface area contributed by atoms with Gasteiger partial charge in [-0.15, -0.1) is 0 Å². The van der Waals surface area contributed by atoms with Crippen LogP contribution in [-0.4, -0.2) is 4.57 Å². The molecule has 0 spiro atoms. The molecular weight excluding hydrogens is 835 g/mol. The topological polar surface area (TPSA) is 11.4 Å². The highest BCUT2D eigenvalue weighted by Gasteiger charge is 2.23. The first-order chi connectivity index (χ1) is 33.9. The van der Waals surface area contributed by atoms with Crippen molar-refractivity contribution in [3.8, 4) is 27.9 Å². The molecule has 1 heterocycles. The lowest BCUT2D eigenvalue weighted by molar-refractivity contribution is 0.590. The molecule has 11 aromatic rings. The summed E-state index contributed by atoms with van der Waals surface area (Å²) in [7, 11) is 0. The Kier molecular flexibility index (Phi) is 10.6. The summed E-state index contributed by atoms with van der Waals surface area (Å²) in [5, 5.41) is 7.42. The van der Waals surface area contributed by atoms with Gasteiger partial charge in [0, 0.05) is 50.6 Å². The number of hydrogen-bond acceptors (Lipinski definition) is 2. The first-order valence-electron chi connectivity index (χ1n) is 24.2. The molecule has 0 amide bonds. The number of nitrogens with zero attached hydrogens (tertiary/aromatic N) is 3. The largest absolute Gasteiger partial charge is 0.314 e. The Morgan fingerprint density at radius 2 is 0.812 bits per heavy atom. The van der Waals surface area contributed by atoms with E-state index in [9.17, 15) is 0 Å². The molecule has 0 atom stereocenters. The molecule has 3 heteroatoms. The van der Waals surface area contributed by atoms with Gasteiger partial charge in [0.05, 0.1) is 11.0 Å². The van der Waals surface area contributed by atoms with Crippen LogP contribution in [0.4, 0.5) is 28.4 Å². The van der Waals surface area contributed by atoms with E-state index in [2.05, 4.69) is 278 Å². The normalized spacial score (nSPS) is 12.8. The Morgan fingerprint density at radius 1 is 0.391 bits per heavy atom. The van der Waals surface area contributed by atoms with E-state index < -0.39 is 0 Å². The van der Waals surface area contributed by atoms with Gasteiger partial charge < -0.3 is 14.4 Å². The lowest BCUT2D eigenvalue weighted by Gasteiger charge is -2.29. The fourth-order valence-electron chi connectivity index (χ4n) is 10.7. The summed E-state index contributed by atoms with van der Waals surface area (Å²) in [6.07, 6.45) is 8.72. The van der Waals surface area contributed by atoms with Crippen LogP contribution in [0, 0.1) is 0 Å². The lowest BCUT2D eigenvalue weighted by atomic mass is 9.83. The van der Waals surface area contributed by atoms with Gasteiger partial charge in [-0.1, -0.05) is 172 Å². The molecule has 10 aromatic carbocycles. The highest BCUT2D eigenvalue weighted by atomic mass is 15.2. The maximum atomic E-state index is 2.45. The van der Waals surface area contributed by atoms with E-state index in [1.807, 2.05) is 0 Å². The van der Waals surface area contributed by atoms with Crippen LogP contribution in [0.1, 0.15) is 39.2 Å². The molecule has 12 rings (SSSR count). The van der Waals surface area contributed by atoms with Gasteiger partial charge in [0.2, 0.25) is 0 Å². The summed E-state index contributed by atoms with van der Waals surface area (Å²) >= 11 is 0. The fourth-order valence-corrected chi connectivity index (χ4v) is 10.7. The summed E-state index contributed by atoms with van der Waals surface area (Å²) in [6, 6.07) is 82.6. The van der Waals surface area contributed by atoms with E-state index in [4.69, 9.17) is 0 Å². The zero-order valence-corrected chi connectivity index (χ0v) is 39.3. The molecule has 0 fully saturated rings. The van der Waals surface area contributed by atoms with E-state index in [0.717, 1.165) is 58.0 Å². The van der Waals surface area contributed by atoms with Crippen molar-refractivity contribution in [2.24, 2.45) is 0 Å². The van der Waals surface area contributed by atoms with Gasteiger partial charge in [0.25, 0.3) is 0 Å². The maximum absolute atomic E-state index is 2.45. The summed E-state index contributed by atoms with van der Waals surface area (Å²) in [5.74, 6) is 0. The Hall–Kier alpha value is -8.40. The predicted molar refractivity (Wildman–Crippen MR) is 295 cm³/mol. The monoisotopic (exact) mass is 887 g/mol. The van der Waals surface area contributed by atoms with Crippen molar-refractivity contribution < 1.29 is 0 Å². The van der Waals surface area contributed by atoms with E-state index in [1.54, 1.807) is 0 Å². The number of rotatable bonds is 9. The van der Waals surface area contributed by atoms with Crippen molar-refractivity contribution in [3.63, 3.8) is 0 Å². The lowest BCUT2D eigenvalue weighted by Crippen LogP contribution is -2.17. The average Bonchev–Trinajstić information content (AvgIpc) is 3.72. The maximum Gasteiger partial charge on any atom is 0.0542 e. The minimum Gasteiger partial charge on any atom is -0.314 e. The van der Waals surface area contributed by atoms with Gasteiger partial charge in [-0.2, -0.15) is 0 Å². The molecule has 0 unspecified atom stereocenters. The number of allylic oxidation sites excluding steroid dienone is 4. The third kappa shape index (κ3) is 7.57. The first kappa shape index (κ1) is 42.0. The molecule has 0 aliphatic heterocycles. The first-order valence-corrected chi connectivity index (χ1v) is 24.2. The number of hydrogen-bond donors (Lipinski definition) is 0. The predicted octanol–water partition coefficient (Wildman–Crippen LogP) is 18.6. The van der Waals surface area contributed by atoms with Crippen LogP contribution in [0.25, 0.3) is 71.3 Å². The standard InChI is InChI=1S/C66H53N3/c1-66(2,3)48-36-32-46(33-37-48)64-56-28-16-18-30-58(56)65(59-31-19-17-29-57(59)64)47-34-38-53(39-35-47)69-62-42-40-54(67(49-20-8-4-9-21-49)50-22-10-5-11-23-50)44-60(62)61-45-55(41-43-63(61)69)68(51-24-12-6-13-25-51)52-26-14-7-15-27-52/h4-14,16-26,28-45H,15,27H2,1-3H3. The smallest absolute Gasteiger partial charge is 0.0542 e. The highest BCUT2D eigenvalue weighted by Crippen LogP contribution is 2.46. The number of aromatic nitrogens is 1. The minimum absolute atomic E-state index is 0.0872. The molecule has 3 nitrogen and oxygen atoms in total. The van der Waals surface area contributed by atoms with E-state index >= 15 is 0 Å². The second kappa shape index (κ2) is 17.4. The van der Waals surface area contributed by atoms with Crippen molar-refractivity contribution in [1.82, 2.24) is 4.57 Å². The number of anilines is 5. The molecule has 0 bridgehead atoms. The number of benzene rings is 10. The van der Waals surface area contributed by atoms with Crippen LogP contribution in [0.15, 0.2) is 248 Å². The molecule has 0 N–H and O–H groups in total.